The van der Waals surface area contributed by atoms with Gasteiger partial charge in [0.25, 0.3) is 0 Å². The smallest absolute Gasteiger partial charge is 0.0927 e. The second-order valence-corrected chi connectivity index (χ2v) is 4.69. The fourth-order valence-corrected chi connectivity index (χ4v) is 2.35. The second-order valence-electron chi connectivity index (χ2n) is 4.69. The minimum Gasteiger partial charge on any atom is -0.374 e. The van der Waals surface area contributed by atoms with E-state index in [1.807, 2.05) is 19.2 Å². The van der Waals surface area contributed by atoms with Crippen LogP contribution in [0.3, 0.4) is 0 Å². The summed E-state index contributed by atoms with van der Waals surface area (Å²) in [5.41, 5.74) is 1.22. The van der Waals surface area contributed by atoms with E-state index in [1.54, 1.807) is 0 Å². The van der Waals surface area contributed by atoms with Crippen molar-refractivity contribution >= 4 is 0 Å². The SMILES string of the molecule is CCCCC(CCCC)(OC)c1cc[c]cc1. The molecule has 0 N–H and O–H groups in total. The van der Waals surface area contributed by atoms with Crippen LogP contribution in [0, 0.1) is 6.07 Å². The van der Waals surface area contributed by atoms with Gasteiger partial charge in [0, 0.05) is 7.11 Å². The summed E-state index contributed by atoms with van der Waals surface area (Å²) in [6.07, 6.45) is 7.10. The molecule has 1 aromatic rings. The van der Waals surface area contributed by atoms with Crippen molar-refractivity contribution in [1.82, 2.24) is 0 Å². The van der Waals surface area contributed by atoms with Gasteiger partial charge in [-0.3, -0.25) is 0 Å². The van der Waals surface area contributed by atoms with Gasteiger partial charge < -0.3 is 4.74 Å². The molecule has 0 heterocycles. The predicted octanol–water partition coefficient (Wildman–Crippen LogP) is 4.71. The zero-order valence-corrected chi connectivity index (χ0v) is 11.5. The molecule has 1 rings (SSSR count). The third-order valence-electron chi connectivity index (χ3n) is 3.50. The third-order valence-corrected chi connectivity index (χ3v) is 3.50. The molecule has 0 aliphatic carbocycles. The van der Waals surface area contributed by atoms with E-state index in [9.17, 15) is 0 Å². The number of hydrogen-bond donors (Lipinski definition) is 0. The first-order valence-electron chi connectivity index (χ1n) is 6.81. The highest BCUT2D eigenvalue weighted by Gasteiger charge is 2.30. The molecular formula is C16H25O. The molecule has 0 aliphatic heterocycles. The van der Waals surface area contributed by atoms with Gasteiger partial charge in [-0.1, -0.05) is 63.8 Å². The summed E-state index contributed by atoms with van der Waals surface area (Å²) >= 11 is 0. The Bertz CT molecular complexity index is 284. The van der Waals surface area contributed by atoms with Gasteiger partial charge in [-0.15, -0.1) is 0 Å². The fraction of sp³-hybridized carbons (Fsp3) is 0.625. The molecule has 0 atom stereocenters. The van der Waals surface area contributed by atoms with Crippen LogP contribution in [0.15, 0.2) is 24.3 Å². The van der Waals surface area contributed by atoms with Crippen LogP contribution in [0.2, 0.25) is 0 Å². The first-order chi connectivity index (χ1) is 8.29. The van der Waals surface area contributed by atoms with Crippen LogP contribution in [-0.4, -0.2) is 7.11 Å². The Kier molecular flexibility index (Phi) is 6.28. The Morgan fingerprint density at radius 3 is 2.00 bits per heavy atom. The van der Waals surface area contributed by atoms with Crippen LogP contribution in [-0.2, 0) is 10.3 Å². The zero-order valence-electron chi connectivity index (χ0n) is 11.5. The number of rotatable bonds is 8. The number of benzene rings is 1. The molecule has 0 bridgehead atoms. The van der Waals surface area contributed by atoms with E-state index in [-0.39, 0.29) is 5.60 Å². The van der Waals surface area contributed by atoms with Crippen LogP contribution in [0.5, 0.6) is 0 Å². The van der Waals surface area contributed by atoms with E-state index in [2.05, 4.69) is 32.0 Å². The van der Waals surface area contributed by atoms with E-state index in [4.69, 9.17) is 4.74 Å². The summed E-state index contributed by atoms with van der Waals surface area (Å²) in [6, 6.07) is 11.4. The van der Waals surface area contributed by atoms with Crippen LogP contribution in [0.4, 0.5) is 0 Å². The number of hydrogen-bond acceptors (Lipinski definition) is 1. The lowest BCUT2D eigenvalue weighted by molar-refractivity contribution is -0.0328. The molecule has 0 spiro atoms. The molecule has 0 aromatic heterocycles. The fourth-order valence-electron chi connectivity index (χ4n) is 2.35. The minimum absolute atomic E-state index is 0.0822. The Balaban J connectivity index is 2.89. The minimum atomic E-state index is -0.0822. The highest BCUT2D eigenvalue weighted by atomic mass is 16.5. The van der Waals surface area contributed by atoms with Gasteiger partial charge in [-0.05, 0) is 24.5 Å². The van der Waals surface area contributed by atoms with Crippen LogP contribution >= 0.6 is 0 Å². The van der Waals surface area contributed by atoms with Crippen LogP contribution in [0.25, 0.3) is 0 Å². The average Bonchev–Trinajstić information content (AvgIpc) is 2.41. The van der Waals surface area contributed by atoms with E-state index in [1.165, 1.54) is 31.2 Å². The third kappa shape index (κ3) is 3.85. The zero-order chi connectivity index (χ0) is 12.6. The van der Waals surface area contributed by atoms with Gasteiger partial charge in [0.2, 0.25) is 0 Å². The van der Waals surface area contributed by atoms with Crippen molar-refractivity contribution in [3.8, 4) is 0 Å². The number of ether oxygens (including phenoxy) is 1. The molecule has 0 saturated carbocycles. The topological polar surface area (TPSA) is 9.23 Å². The van der Waals surface area contributed by atoms with Gasteiger partial charge in [-0.2, -0.15) is 0 Å². The van der Waals surface area contributed by atoms with Crippen molar-refractivity contribution < 1.29 is 4.74 Å². The van der Waals surface area contributed by atoms with Crippen molar-refractivity contribution in [2.24, 2.45) is 0 Å². The van der Waals surface area contributed by atoms with Crippen molar-refractivity contribution in [3.05, 3.63) is 35.9 Å². The van der Waals surface area contributed by atoms with Crippen molar-refractivity contribution in [2.75, 3.05) is 7.11 Å². The molecule has 1 heteroatoms. The molecule has 0 unspecified atom stereocenters. The Hall–Kier alpha value is -0.820. The van der Waals surface area contributed by atoms with Crippen molar-refractivity contribution in [1.29, 1.82) is 0 Å². The number of methoxy groups -OCH3 is 1. The normalized spacial score (nSPS) is 11.7. The van der Waals surface area contributed by atoms with Crippen LogP contribution in [0.1, 0.15) is 57.9 Å². The van der Waals surface area contributed by atoms with E-state index < -0.39 is 0 Å². The lowest BCUT2D eigenvalue weighted by atomic mass is 9.84. The summed E-state index contributed by atoms with van der Waals surface area (Å²) in [4.78, 5) is 0. The lowest BCUT2D eigenvalue weighted by Crippen LogP contribution is -2.28. The highest BCUT2D eigenvalue weighted by molar-refractivity contribution is 5.22. The quantitative estimate of drug-likeness (QED) is 0.632. The van der Waals surface area contributed by atoms with E-state index >= 15 is 0 Å². The summed E-state index contributed by atoms with van der Waals surface area (Å²) in [5, 5.41) is 0. The van der Waals surface area contributed by atoms with Gasteiger partial charge in [0.05, 0.1) is 5.60 Å². The Labute approximate surface area is 106 Å². The molecule has 0 aliphatic rings. The van der Waals surface area contributed by atoms with Gasteiger partial charge in [0.1, 0.15) is 0 Å². The summed E-state index contributed by atoms with van der Waals surface area (Å²) < 4.78 is 5.91. The predicted molar refractivity (Wildman–Crippen MR) is 73.0 cm³/mol. The highest BCUT2D eigenvalue weighted by Crippen LogP contribution is 2.35. The molecule has 1 radical (unpaired) electrons. The van der Waals surface area contributed by atoms with E-state index in [0.29, 0.717) is 0 Å². The standard InChI is InChI=1S/C16H25O/c1-4-6-13-16(17-3,14-7-5-2)15-11-9-8-10-12-15/h9-12H,4-7,13-14H2,1-3H3. The summed E-state index contributed by atoms with van der Waals surface area (Å²) in [5.74, 6) is 0. The maximum Gasteiger partial charge on any atom is 0.0927 e. The molecule has 0 fully saturated rings. The monoisotopic (exact) mass is 233 g/mol. The van der Waals surface area contributed by atoms with Crippen molar-refractivity contribution in [3.63, 3.8) is 0 Å². The Morgan fingerprint density at radius 1 is 1.06 bits per heavy atom. The van der Waals surface area contributed by atoms with Crippen LogP contribution < -0.4 is 0 Å². The molecule has 95 valence electrons. The molecule has 1 nitrogen and oxygen atoms in total. The average molecular weight is 233 g/mol. The first kappa shape index (κ1) is 14.2. The maximum absolute atomic E-state index is 5.91. The largest absolute Gasteiger partial charge is 0.374 e. The molecule has 17 heavy (non-hydrogen) atoms. The summed E-state index contributed by atoms with van der Waals surface area (Å²) in [7, 11) is 1.85. The lowest BCUT2D eigenvalue weighted by Gasteiger charge is -2.33. The summed E-state index contributed by atoms with van der Waals surface area (Å²) in [6.45, 7) is 4.47. The van der Waals surface area contributed by atoms with Crippen molar-refractivity contribution in [2.45, 2.75) is 58.0 Å². The van der Waals surface area contributed by atoms with E-state index in [0.717, 1.165) is 12.8 Å². The first-order valence-corrected chi connectivity index (χ1v) is 6.81. The Morgan fingerprint density at radius 2 is 1.59 bits per heavy atom. The van der Waals surface area contributed by atoms with Gasteiger partial charge >= 0.3 is 0 Å². The molecular weight excluding hydrogens is 208 g/mol. The molecule has 0 amide bonds. The van der Waals surface area contributed by atoms with Gasteiger partial charge in [-0.25, -0.2) is 0 Å². The number of unbranched alkanes of at least 4 members (excludes halogenated alkanes) is 2. The molecule has 0 saturated heterocycles. The second kappa shape index (κ2) is 7.50. The van der Waals surface area contributed by atoms with Gasteiger partial charge in [0.15, 0.2) is 0 Å². The molecule has 1 aromatic carbocycles. The maximum atomic E-state index is 5.91.